The molecule has 0 fully saturated rings. The van der Waals surface area contributed by atoms with Gasteiger partial charge in [-0.1, -0.05) is 0 Å². The molecular weight excluding hydrogens is 188 g/mol. The molecule has 0 saturated heterocycles. The summed E-state index contributed by atoms with van der Waals surface area (Å²) in [5.74, 6) is -1.65. The molecule has 0 aromatic heterocycles. The largest absolute Gasteiger partial charge is 0.498 e. The monoisotopic (exact) mass is 200 g/mol. The summed E-state index contributed by atoms with van der Waals surface area (Å²) in [5, 5.41) is 8.60. The van der Waals surface area contributed by atoms with Gasteiger partial charge in [-0.25, -0.2) is 0 Å². The molecule has 0 spiro atoms. The highest BCUT2D eigenvalue weighted by Crippen LogP contribution is 2.19. The average molecular weight is 200 g/mol. The van der Waals surface area contributed by atoms with E-state index in [1.54, 1.807) is 6.08 Å². The molecule has 1 aliphatic rings. The number of carboxylic acid groups (broad SMARTS) is 1. The Balaban J connectivity index is 2.57. The Morgan fingerprint density at radius 2 is 2.36 bits per heavy atom. The van der Waals surface area contributed by atoms with Crippen LogP contribution >= 0.6 is 0 Å². The number of hydrogen-bond acceptors (Lipinski definition) is 4. The number of carboxylic acids is 1. The van der Waals surface area contributed by atoms with Gasteiger partial charge in [0.2, 0.25) is 0 Å². The fraction of sp³-hybridized carbons (Fsp3) is 0.556. The lowest BCUT2D eigenvalue weighted by atomic mass is 9.98. The maximum Gasteiger partial charge on any atom is 0.304 e. The highest BCUT2D eigenvalue weighted by molar-refractivity contribution is 5.68. The number of rotatable bonds is 3. The molecule has 1 N–H and O–H groups in total. The molecule has 0 amide bonds. The van der Waals surface area contributed by atoms with Gasteiger partial charge in [-0.2, -0.15) is 0 Å². The van der Waals surface area contributed by atoms with Crippen molar-refractivity contribution in [2.45, 2.75) is 19.4 Å². The Bertz CT molecular complexity index is 258. The van der Waals surface area contributed by atoms with Crippen molar-refractivity contribution in [1.82, 2.24) is 0 Å². The zero-order chi connectivity index (χ0) is 10.6. The summed E-state index contributed by atoms with van der Waals surface area (Å²) in [5.41, 5.74) is 0. The summed E-state index contributed by atoms with van der Waals surface area (Å²) in [4.78, 5) is 21.2. The van der Waals surface area contributed by atoms with Crippen molar-refractivity contribution in [3.63, 3.8) is 0 Å². The van der Waals surface area contributed by atoms with Crippen LogP contribution in [0.5, 0.6) is 0 Å². The third kappa shape index (κ3) is 3.08. The van der Waals surface area contributed by atoms with Crippen molar-refractivity contribution in [3.05, 3.63) is 12.3 Å². The predicted octanol–water partition coefficient (Wildman–Crippen LogP) is 0.553. The van der Waals surface area contributed by atoms with Gasteiger partial charge in [0.1, 0.15) is 12.7 Å². The lowest BCUT2D eigenvalue weighted by Crippen LogP contribution is -2.33. The van der Waals surface area contributed by atoms with E-state index in [9.17, 15) is 9.59 Å². The Labute approximate surface area is 81.3 Å². The van der Waals surface area contributed by atoms with Crippen LogP contribution in [0.1, 0.15) is 13.3 Å². The van der Waals surface area contributed by atoms with Crippen LogP contribution < -0.4 is 0 Å². The fourth-order valence-corrected chi connectivity index (χ4v) is 1.29. The fourth-order valence-electron chi connectivity index (χ4n) is 1.29. The van der Waals surface area contributed by atoms with Gasteiger partial charge in [0.05, 0.1) is 12.7 Å². The van der Waals surface area contributed by atoms with Gasteiger partial charge in [0.25, 0.3) is 0 Å². The SMILES string of the molecule is CC(=O)O[C@@H]1COC=C[C@H]1CC(=O)O. The Morgan fingerprint density at radius 1 is 1.64 bits per heavy atom. The summed E-state index contributed by atoms with van der Waals surface area (Å²) in [6.07, 6.45) is 2.49. The molecule has 0 aromatic rings. The second kappa shape index (κ2) is 4.64. The molecule has 0 aliphatic carbocycles. The van der Waals surface area contributed by atoms with Crippen LogP contribution in [0.15, 0.2) is 12.3 Å². The van der Waals surface area contributed by atoms with Gasteiger partial charge >= 0.3 is 11.9 Å². The number of ether oxygens (including phenoxy) is 2. The van der Waals surface area contributed by atoms with Crippen LogP contribution in [0.25, 0.3) is 0 Å². The summed E-state index contributed by atoms with van der Waals surface area (Å²) in [7, 11) is 0. The summed E-state index contributed by atoms with van der Waals surface area (Å²) >= 11 is 0. The topological polar surface area (TPSA) is 72.8 Å². The lowest BCUT2D eigenvalue weighted by Gasteiger charge is -2.25. The van der Waals surface area contributed by atoms with Crippen molar-refractivity contribution in [2.75, 3.05) is 6.61 Å². The minimum Gasteiger partial charge on any atom is -0.498 e. The maximum absolute atomic E-state index is 10.7. The van der Waals surface area contributed by atoms with Gasteiger partial charge in [-0.15, -0.1) is 0 Å². The first-order valence-corrected chi connectivity index (χ1v) is 4.27. The molecular formula is C9H12O5. The van der Waals surface area contributed by atoms with Crippen molar-refractivity contribution >= 4 is 11.9 Å². The van der Waals surface area contributed by atoms with Crippen LogP contribution in [0.4, 0.5) is 0 Å². The molecule has 0 aromatic carbocycles. The summed E-state index contributed by atoms with van der Waals surface area (Å²) in [6.45, 7) is 1.50. The predicted molar refractivity (Wildman–Crippen MR) is 46.4 cm³/mol. The lowest BCUT2D eigenvalue weighted by molar-refractivity contribution is -0.154. The van der Waals surface area contributed by atoms with Crippen molar-refractivity contribution < 1.29 is 24.2 Å². The number of carbonyl (C=O) groups is 2. The van der Waals surface area contributed by atoms with E-state index in [0.29, 0.717) is 0 Å². The summed E-state index contributed by atoms with van der Waals surface area (Å²) < 4.78 is 9.87. The van der Waals surface area contributed by atoms with Crippen LogP contribution in [0.2, 0.25) is 0 Å². The highest BCUT2D eigenvalue weighted by Gasteiger charge is 2.27. The molecule has 5 heteroatoms. The summed E-state index contributed by atoms with van der Waals surface area (Å²) in [6, 6.07) is 0. The van der Waals surface area contributed by atoms with Crippen LogP contribution in [-0.4, -0.2) is 29.8 Å². The Hall–Kier alpha value is -1.52. The van der Waals surface area contributed by atoms with E-state index < -0.39 is 18.0 Å². The normalized spacial score (nSPS) is 25.2. The second-order valence-corrected chi connectivity index (χ2v) is 3.07. The van der Waals surface area contributed by atoms with Crippen molar-refractivity contribution in [1.29, 1.82) is 0 Å². The van der Waals surface area contributed by atoms with Crippen molar-refractivity contribution in [2.24, 2.45) is 5.92 Å². The maximum atomic E-state index is 10.7. The third-order valence-electron chi connectivity index (χ3n) is 1.89. The zero-order valence-corrected chi connectivity index (χ0v) is 7.80. The van der Waals surface area contributed by atoms with Crippen LogP contribution in [0, 0.1) is 5.92 Å². The van der Waals surface area contributed by atoms with E-state index in [4.69, 9.17) is 14.6 Å². The minimum absolute atomic E-state index is 0.0577. The number of aliphatic carboxylic acids is 1. The van der Waals surface area contributed by atoms with Gasteiger partial charge in [-0.05, 0) is 6.08 Å². The number of hydrogen-bond donors (Lipinski definition) is 1. The molecule has 1 heterocycles. The molecule has 5 nitrogen and oxygen atoms in total. The Kier molecular flexibility index (Phi) is 3.50. The van der Waals surface area contributed by atoms with Gasteiger partial charge in [0, 0.05) is 12.8 Å². The van der Waals surface area contributed by atoms with E-state index in [2.05, 4.69) is 0 Å². The first-order valence-electron chi connectivity index (χ1n) is 4.27. The molecule has 0 bridgehead atoms. The molecule has 0 radical (unpaired) electrons. The molecule has 0 unspecified atom stereocenters. The molecule has 14 heavy (non-hydrogen) atoms. The van der Waals surface area contributed by atoms with E-state index in [1.807, 2.05) is 0 Å². The first-order chi connectivity index (χ1) is 6.59. The standard InChI is InChI=1S/C9H12O5/c1-6(10)14-8-5-13-3-2-7(8)4-9(11)12/h2-3,7-8H,4-5H2,1H3,(H,11,12)/t7-,8+/m0/s1. The zero-order valence-electron chi connectivity index (χ0n) is 7.80. The van der Waals surface area contributed by atoms with Crippen LogP contribution in [-0.2, 0) is 19.1 Å². The van der Waals surface area contributed by atoms with E-state index >= 15 is 0 Å². The number of esters is 1. The van der Waals surface area contributed by atoms with Gasteiger partial charge in [0.15, 0.2) is 0 Å². The van der Waals surface area contributed by atoms with E-state index in [-0.39, 0.29) is 18.9 Å². The van der Waals surface area contributed by atoms with Gasteiger partial charge < -0.3 is 14.6 Å². The van der Waals surface area contributed by atoms with Crippen LogP contribution in [0.3, 0.4) is 0 Å². The third-order valence-corrected chi connectivity index (χ3v) is 1.89. The smallest absolute Gasteiger partial charge is 0.304 e. The molecule has 0 saturated carbocycles. The Morgan fingerprint density at radius 3 is 2.93 bits per heavy atom. The van der Waals surface area contributed by atoms with E-state index in [1.165, 1.54) is 13.2 Å². The van der Waals surface area contributed by atoms with E-state index in [0.717, 1.165) is 0 Å². The second-order valence-electron chi connectivity index (χ2n) is 3.07. The highest BCUT2D eigenvalue weighted by atomic mass is 16.6. The minimum atomic E-state index is -0.918. The first kappa shape index (κ1) is 10.6. The molecule has 1 rings (SSSR count). The van der Waals surface area contributed by atoms with Gasteiger partial charge in [-0.3, -0.25) is 9.59 Å². The average Bonchev–Trinajstić information content (AvgIpc) is 2.06. The molecule has 2 atom stereocenters. The number of carbonyl (C=O) groups excluding carboxylic acids is 1. The van der Waals surface area contributed by atoms with Crippen molar-refractivity contribution in [3.8, 4) is 0 Å². The molecule has 78 valence electrons. The molecule has 1 aliphatic heterocycles. The quantitative estimate of drug-likeness (QED) is 0.673.